The lowest BCUT2D eigenvalue weighted by Gasteiger charge is -2.04. The molecule has 0 aliphatic heterocycles. The molecular weight excluding hydrogens is 84.1 g/mol. The van der Waals surface area contributed by atoms with Crippen molar-refractivity contribution in [3.63, 3.8) is 0 Å². The Morgan fingerprint density at radius 3 is 2.00 bits per heavy atom. The van der Waals surface area contributed by atoms with Crippen LogP contribution in [0.2, 0.25) is 0 Å². The normalized spacial score (nSPS) is 32.6. The quantitative estimate of drug-likeness (QED) is 0.432. The van der Waals surface area contributed by atoms with Gasteiger partial charge in [-0.2, -0.15) is 0 Å². The standard InChI is InChI=1S/C7H11/c1-2-7-4-3-6(1)5-7/h6H,1-5H2. The van der Waals surface area contributed by atoms with E-state index < -0.39 is 0 Å². The molecule has 0 amide bonds. The second-order valence-electron chi connectivity index (χ2n) is 2.90. The molecule has 2 aliphatic rings. The van der Waals surface area contributed by atoms with Gasteiger partial charge in [-0.15, -0.1) is 0 Å². The Balaban J connectivity index is 2.12. The van der Waals surface area contributed by atoms with Gasteiger partial charge >= 0.3 is 0 Å². The predicted octanol–water partition coefficient (Wildman–Crippen LogP) is 2.15. The molecule has 39 valence electrons. The summed E-state index contributed by atoms with van der Waals surface area (Å²) in [5.74, 6) is 3.00. The average molecular weight is 95.2 g/mol. The van der Waals surface area contributed by atoms with Gasteiger partial charge in [-0.05, 0) is 43.9 Å². The Kier molecular flexibility index (Phi) is 0.697. The largest absolute Gasteiger partial charge is 0.0499 e. The highest BCUT2D eigenvalue weighted by Crippen LogP contribution is 2.45. The molecule has 0 saturated heterocycles. The molecule has 0 atom stereocenters. The maximum atomic E-state index is 1.87. The van der Waals surface area contributed by atoms with E-state index >= 15 is 0 Å². The summed E-state index contributed by atoms with van der Waals surface area (Å²) in [4.78, 5) is 0. The molecule has 2 rings (SSSR count). The van der Waals surface area contributed by atoms with Crippen LogP contribution in [-0.4, -0.2) is 0 Å². The number of fused-ring (bicyclic) bond motifs is 2. The van der Waals surface area contributed by atoms with Crippen molar-refractivity contribution in [2.75, 3.05) is 0 Å². The van der Waals surface area contributed by atoms with E-state index in [1.165, 1.54) is 32.1 Å². The van der Waals surface area contributed by atoms with Gasteiger partial charge in [-0.25, -0.2) is 0 Å². The summed E-state index contributed by atoms with van der Waals surface area (Å²) in [6.45, 7) is 0. The van der Waals surface area contributed by atoms with Crippen LogP contribution >= 0.6 is 0 Å². The Hall–Kier alpha value is 0. The van der Waals surface area contributed by atoms with Crippen molar-refractivity contribution in [2.45, 2.75) is 32.1 Å². The lowest BCUT2D eigenvalue weighted by Crippen LogP contribution is -1.89. The highest BCUT2D eigenvalue weighted by atomic mass is 14.4. The second-order valence-corrected chi connectivity index (χ2v) is 2.90. The molecule has 0 aromatic heterocycles. The van der Waals surface area contributed by atoms with Crippen molar-refractivity contribution >= 4 is 0 Å². The van der Waals surface area contributed by atoms with Gasteiger partial charge in [0.2, 0.25) is 0 Å². The summed E-state index contributed by atoms with van der Waals surface area (Å²) < 4.78 is 0. The molecule has 0 aromatic carbocycles. The van der Waals surface area contributed by atoms with Crippen molar-refractivity contribution in [1.82, 2.24) is 0 Å². The van der Waals surface area contributed by atoms with Crippen LogP contribution in [0.5, 0.6) is 0 Å². The molecule has 0 heteroatoms. The van der Waals surface area contributed by atoms with Crippen LogP contribution < -0.4 is 0 Å². The smallest absolute Gasteiger partial charge is 0.0238 e. The lowest BCUT2D eigenvalue weighted by atomic mass is 10.0. The van der Waals surface area contributed by atoms with Crippen molar-refractivity contribution in [1.29, 1.82) is 0 Å². The highest BCUT2D eigenvalue weighted by Gasteiger charge is 2.31. The summed E-state index contributed by atoms with van der Waals surface area (Å²) in [6, 6.07) is 0. The summed E-state index contributed by atoms with van der Waals surface area (Å²) in [7, 11) is 0. The average Bonchev–Trinajstić information content (AvgIpc) is 2.22. The third-order valence-electron chi connectivity index (χ3n) is 2.39. The lowest BCUT2D eigenvalue weighted by molar-refractivity contribution is 0.528. The van der Waals surface area contributed by atoms with Crippen molar-refractivity contribution < 1.29 is 0 Å². The van der Waals surface area contributed by atoms with Crippen LogP contribution in [0.25, 0.3) is 0 Å². The topological polar surface area (TPSA) is 0 Å². The van der Waals surface area contributed by atoms with E-state index in [0.29, 0.717) is 0 Å². The molecule has 2 saturated carbocycles. The molecule has 1 radical (unpaired) electrons. The molecule has 0 spiro atoms. The van der Waals surface area contributed by atoms with Crippen LogP contribution in [-0.2, 0) is 0 Å². The zero-order valence-corrected chi connectivity index (χ0v) is 4.61. The first kappa shape index (κ1) is 3.94. The second kappa shape index (κ2) is 1.24. The first-order valence-electron chi connectivity index (χ1n) is 3.29. The molecule has 7 heavy (non-hydrogen) atoms. The molecule has 0 N–H and O–H groups in total. The predicted molar refractivity (Wildman–Crippen MR) is 29.8 cm³/mol. The maximum absolute atomic E-state index is 1.87. The fourth-order valence-corrected chi connectivity index (χ4v) is 1.90. The fourth-order valence-electron chi connectivity index (χ4n) is 1.90. The third kappa shape index (κ3) is 0.490. The third-order valence-corrected chi connectivity index (χ3v) is 2.39. The summed E-state index contributed by atoms with van der Waals surface area (Å²) in [5.41, 5.74) is 0. The van der Waals surface area contributed by atoms with E-state index in [0.717, 1.165) is 5.92 Å². The van der Waals surface area contributed by atoms with Gasteiger partial charge in [-0.1, -0.05) is 0 Å². The van der Waals surface area contributed by atoms with E-state index in [2.05, 4.69) is 0 Å². The zero-order chi connectivity index (χ0) is 4.69. The fraction of sp³-hybridized carbons (Fsp3) is 0.857. The number of rotatable bonds is 0. The summed E-state index contributed by atoms with van der Waals surface area (Å²) in [5, 5.41) is 0. The molecule has 2 fully saturated rings. The Morgan fingerprint density at radius 2 is 1.86 bits per heavy atom. The van der Waals surface area contributed by atoms with Crippen LogP contribution in [0.1, 0.15) is 32.1 Å². The van der Waals surface area contributed by atoms with E-state index in [4.69, 9.17) is 0 Å². The molecule has 0 heterocycles. The van der Waals surface area contributed by atoms with E-state index in [-0.39, 0.29) is 0 Å². The van der Waals surface area contributed by atoms with E-state index in [1.54, 1.807) is 0 Å². The van der Waals surface area contributed by atoms with Gasteiger partial charge in [0.15, 0.2) is 0 Å². The van der Waals surface area contributed by atoms with E-state index in [9.17, 15) is 0 Å². The molecule has 0 aromatic rings. The van der Waals surface area contributed by atoms with Gasteiger partial charge in [0.1, 0.15) is 0 Å². The maximum Gasteiger partial charge on any atom is -0.0238 e. The minimum absolute atomic E-state index is 1.13. The SMILES string of the molecule is C1CC2CC[C]1C2. The van der Waals surface area contributed by atoms with Gasteiger partial charge < -0.3 is 0 Å². The minimum Gasteiger partial charge on any atom is -0.0499 e. The molecular formula is C7H11. The monoisotopic (exact) mass is 95.1 g/mol. The summed E-state index contributed by atoms with van der Waals surface area (Å²) >= 11 is 0. The molecule has 2 bridgehead atoms. The molecule has 2 aliphatic carbocycles. The van der Waals surface area contributed by atoms with Crippen LogP contribution in [0, 0.1) is 11.8 Å². The van der Waals surface area contributed by atoms with Crippen molar-refractivity contribution in [3.05, 3.63) is 5.92 Å². The number of hydrogen-bond acceptors (Lipinski definition) is 0. The van der Waals surface area contributed by atoms with Crippen LogP contribution in [0.4, 0.5) is 0 Å². The molecule has 0 unspecified atom stereocenters. The minimum atomic E-state index is 1.13. The van der Waals surface area contributed by atoms with Crippen LogP contribution in [0.3, 0.4) is 0 Å². The first-order chi connectivity index (χ1) is 3.45. The van der Waals surface area contributed by atoms with Crippen molar-refractivity contribution in [2.24, 2.45) is 5.92 Å². The van der Waals surface area contributed by atoms with E-state index in [1.807, 2.05) is 5.92 Å². The van der Waals surface area contributed by atoms with Gasteiger partial charge in [0.05, 0.1) is 0 Å². The highest BCUT2D eigenvalue weighted by molar-refractivity contribution is 5.04. The summed E-state index contributed by atoms with van der Waals surface area (Å²) in [6.07, 6.45) is 7.50. The first-order valence-corrected chi connectivity index (χ1v) is 3.29. The van der Waals surface area contributed by atoms with Crippen molar-refractivity contribution in [3.8, 4) is 0 Å². The van der Waals surface area contributed by atoms with Crippen LogP contribution in [0.15, 0.2) is 0 Å². The molecule has 0 nitrogen and oxygen atoms in total. The Labute approximate surface area is 44.9 Å². The zero-order valence-electron chi connectivity index (χ0n) is 4.61. The Morgan fingerprint density at radius 1 is 1.14 bits per heavy atom. The van der Waals surface area contributed by atoms with Gasteiger partial charge in [0, 0.05) is 0 Å². The Bertz CT molecular complexity index is 58.1. The van der Waals surface area contributed by atoms with Gasteiger partial charge in [-0.3, -0.25) is 0 Å². The number of hydrogen-bond donors (Lipinski definition) is 0. The van der Waals surface area contributed by atoms with Gasteiger partial charge in [0.25, 0.3) is 0 Å².